The van der Waals surface area contributed by atoms with Crippen LogP contribution in [0.25, 0.3) is 0 Å². The van der Waals surface area contributed by atoms with E-state index in [2.05, 4.69) is 44.3 Å². The Labute approximate surface area is 93.8 Å². The van der Waals surface area contributed by atoms with Gasteiger partial charge in [0.2, 0.25) is 0 Å². The lowest BCUT2D eigenvalue weighted by Gasteiger charge is -2.26. The van der Waals surface area contributed by atoms with Crippen LogP contribution < -0.4 is 5.32 Å². The van der Waals surface area contributed by atoms with E-state index in [-0.39, 0.29) is 0 Å². The number of nitrogens with zero attached hydrogens (tertiary/aromatic N) is 1. The predicted molar refractivity (Wildman–Crippen MR) is 68.3 cm³/mol. The Morgan fingerprint density at radius 2 is 1.93 bits per heavy atom. The molecule has 0 heterocycles. The number of nitrogens with one attached hydrogen (secondary N) is 1. The zero-order valence-electron chi connectivity index (χ0n) is 10.4. The molecule has 0 bridgehead atoms. The minimum atomic E-state index is 0.292. The van der Waals surface area contributed by atoms with Crippen molar-refractivity contribution in [2.45, 2.75) is 32.7 Å². The molecule has 0 spiro atoms. The number of likely N-dealkylation sites (N-methyl/N-ethyl adjacent to an activating group) is 1. The first-order valence-electron chi connectivity index (χ1n) is 5.44. The van der Waals surface area contributed by atoms with E-state index in [1.54, 1.807) is 0 Å². The zero-order chi connectivity index (χ0) is 11.0. The average molecular weight is 218 g/mol. The van der Waals surface area contributed by atoms with Crippen LogP contribution in [0.2, 0.25) is 0 Å². The second-order valence-corrected chi connectivity index (χ2v) is 5.45. The standard InChI is InChI=1S/C11H26N2S/c1-6-11(2,3)12-7-8-13(4)9-10-14-5/h12H,6-10H2,1-5H3. The first-order chi connectivity index (χ1) is 6.52. The molecular formula is C11H26N2S. The van der Waals surface area contributed by atoms with Crippen molar-refractivity contribution in [3.05, 3.63) is 0 Å². The lowest BCUT2D eigenvalue weighted by Crippen LogP contribution is -2.42. The predicted octanol–water partition coefficient (Wildman–Crippen LogP) is 2.06. The maximum Gasteiger partial charge on any atom is 0.0123 e. The van der Waals surface area contributed by atoms with Crippen LogP contribution in [0.4, 0.5) is 0 Å². The molecule has 0 rings (SSSR count). The van der Waals surface area contributed by atoms with Crippen molar-refractivity contribution in [1.29, 1.82) is 0 Å². The Hall–Kier alpha value is 0.270. The quantitative estimate of drug-likeness (QED) is 0.671. The summed E-state index contributed by atoms with van der Waals surface area (Å²) in [6.07, 6.45) is 3.34. The van der Waals surface area contributed by atoms with Crippen molar-refractivity contribution in [1.82, 2.24) is 10.2 Å². The summed E-state index contributed by atoms with van der Waals surface area (Å²) in [6, 6.07) is 0. The monoisotopic (exact) mass is 218 g/mol. The van der Waals surface area contributed by atoms with E-state index in [0.717, 1.165) is 13.1 Å². The fourth-order valence-corrected chi connectivity index (χ4v) is 1.56. The van der Waals surface area contributed by atoms with Gasteiger partial charge >= 0.3 is 0 Å². The molecular weight excluding hydrogens is 192 g/mol. The van der Waals surface area contributed by atoms with Crippen LogP contribution in [0.3, 0.4) is 0 Å². The van der Waals surface area contributed by atoms with Crippen molar-refractivity contribution in [3.8, 4) is 0 Å². The molecule has 0 unspecified atom stereocenters. The Kier molecular flexibility index (Phi) is 7.69. The third kappa shape index (κ3) is 7.65. The maximum atomic E-state index is 3.57. The summed E-state index contributed by atoms with van der Waals surface area (Å²) >= 11 is 1.91. The van der Waals surface area contributed by atoms with Gasteiger partial charge in [-0.3, -0.25) is 0 Å². The summed E-state index contributed by atoms with van der Waals surface area (Å²) < 4.78 is 0. The SMILES string of the molecule is CCC(C)(C)NCCN(C)CCSC. The molecule has 0 aromatic rings. The Balaban J connectivity index is 3.43. The molecule has 14 heavy (non-hydrogen) atoms. The number of hydrogen-bond donors (Lipinski definition) is 1. The fourth-order valence-electron chi connectivity index (χ4n) is 1.07. The van der Waals surface area contributed by atoms with Crippen LogP contribution in [0.5, 0.6) is 0 Å². The summed E-state index contributed by atoms with van der Waals surface area (Å²) in [5.74, 6) is 1.23. The molecule has 0 atom stereocenters. The molecule has 3 heteroatoms. The van der Waals surface area contributed by atoms with Crippen LogP contribution in [-0.4, -0.2) is 49.1 Å². The van der Waals surface area contributed by atoms with E-state index in [4.69, 9.17) is 0 Å². The van der Waals surface area contributed by atoms with E-state index in [0.29, 0.717) is 5.54 Å². The maximum absolute atomic E-state index is 3.57. The molecule has 0 amide bonds. The molecule has 0 fully saturated rings. The molecule has 0 saturated carbocycles. The Morgan fingerprint density at radius 1 is 1.29 bits per heavy atom. The van der Waals surface area contributed by atoms with Crippen molar-refractivity contribution in [2.75, 3.05) is 38.7 Å². The summed E-state index contributed by atoms with van der Waals surface area (Å²) in [5, 5.41) is 3.57. The fraction of sp³-hybridized carbons (Fsp3) is 1.00. The summed E-state index contributed by atoms with van der Waals surface area (Å²) in [6.45, 7) is 10.2. The van der Waals surface area contributed by atoms with E-state index >= 15 is 0 Å². The normalized spacial score (nSPS) is 12.4. The van der Waals surface area contributed by atoms with E-state index in [1.165, 1.54) is 18.7 Å². The molecule has 0 radical (unpaired) electrons. The highest BCUT2D eigenvalue weighted by Crippen LogP contribution is 2.05. The molecule has 0 saturated heterocycles. The zero-order valence-corrected chi connectivity index (χ0v) is 11.2. The lowest BCUT2D eigenvalue weighted by atomic mass is 10.0. The summed E-state index contributed by atoms with van der Waals surface area (Å²) in [4.78, 5) is 2.38. The Morgan fingerprint density at radius 3 is 2.43 bits per heavy atom. The van der Waals surface area contributed by atoms with Gasteiger partial charge in [-0.05, 0) is 33.6 Å². The lowest BCUT2D eigenvalue weighted by molar-refractivity contribution is 0.310. The number of hydrogen-bond acceptors (Lipinski definition) is 3. The summed E-state index contributed by atoms with van der Waals surface area (Å²) in [7, 11) is 2.19. The van der Waals surface area contributed by atoms with Gasteiger partial charge in [-0.2, -0.15) is 11.8 Å². The van der Waals surface area contributed by atoms with Crippen LogP contribution in [0.1, 0.15) is 27.2 Å². The van der Waals surface area contributed by atoms with Gasteiger partial charge in [-0.15, -0.1) is 0 Å². The average Bonchev–Trinajstić information content (AvgIpc) is 2.14. The number of rotatable bonds is 8. The largest absolute Gasteiger partial charge is 0.311 e. The second-order valence-electron chi connectivity index (χ2n) is 4.46. The van der Waals surface area contributed by atoms with Gasteiger partial charge in [-0.25, -0.2) is 0 Å². The molecule has 0 aromatic heterocycles. The molecule has 0 aliphatic carbocycles. The first-order valence-corrected chi connectivity index (χ1v) is 6.83. The van der Waals surface area contributed by atoms with Gasteiger partial charge in [0.05, 0.1) is 0 Å². The third-order valence-corrected chi connectivity index (χ3v) is 3.25. The topological polar surface area (TPSA) is 15.3 Å². The van der Waals surface area contributed by atoms with Gasteiger partial charge in [0.25, 0.3) is 0 Å². The van der Waals surface area contributed by atoms with Gasteiger partial charge < -0.3 is 10.2 Å². The summed E-state index contributed by atoms with van der Waals surface area (Å²) in [5.41, 5.74) is 0.292. The highest BCUT2D eigenvalue weighted by atomic mass is 32.2. The van der Waals surface area contributed by atoms with E-state index < -0.39 is 0 Å². The van der Waals surface area contributed by atoms with E-state index in [9.17, 15) is 0 Å². The first kappa shape index (κ1) is 14.3. The van der Waals surface area contributed by atoms with Crippen molar-refractivity contribution in [2.24, 2.45) is 0 Å². The van der Waals surface area contributed by atoms with Crippen molar-refractivity contribution >= 4 is 11.8 Å². The molecule has 1 N–H and O–H groups in total. The van der Waals surface area contributed by atoms with Crippen molar-refractivity contribution < 1.29 is 0 Å². The van der Waals surface area contributed by atoms with Crippen LogP contribution in [0.15, 0.2) is 0 Å². The van der Waals surface area contributed by atoms with Gasteiger partial charge in [0.15, 0.2) is 0 Å². The highest BCUT2D eigenvalue weighted by molar-refractivity contribution is 7.98. The van der Waals surface area contributed by atoms with Crippen LogP contribution in [-0.2, 0) is 0 Å². The highest BCUT2D eigenvalue weighted by Gasteiger charge is 2.12. The molecule has 0 aliphatic heterocycles. The van der Waals surface area contributed by atoms with Crippen LogP contribution >= 0.6 is 11.8 Å². The molecule has 0 aliphatic rings. The Bertz CT molecular complexity index is 137. The van der Waals surface area contributed by atoms with Crippen LogP contribution in [0, 0.1) is 0 Å². The smallest absolute Gasteiger partial charge is 0.0123 e. The molecule has 0 aromatic carbocycles. The van der Waals surface area contributed by atoms with Crippen molar-refractivity contribution in [3.63, 3.8) is 0 Å². The van der Waals surface area contributed by atoms with E-state index in [1.807, 2.05) is 11.8 Å². The number of thioether (sulfide) groups is 1. The minimum Gasteiger partial charge on any atom is -0.311 e. The minimum absolute atomic E-state index is 0.292. The van der Waals surface area contributed by atoms with Gasteiger partial charge in [0.1, 0.15) is 0 Å². The third-order valence-electron chi connectivity index (χ3n) is 2.66. The molecule has 2 nitrogen and oxygen atoms in total. The molecule has 86 valence electrons. The van der Waals surface area contributed by atoms with Gasteiger partial charge in [0, 0.05) is 30.9 Å². The second kappa shape index (κ2) is 7.55. The van der Waals surface area contributed by atoms with Gasteiger partial charge in [-0.1, -0.05) is 6.92 Å².